The lowest BCUT2D eigenvalue weighted by Gasteiger charge is -2.07. The maximum atomic E-state index is 5.71. The molecule has 72 valence electrons. The zero-order valence-electron chi connectivity index (χ0n) is 8.80. The highest BCUT2D eigenvalue weighted by Gasteiger charge is 1.98. The maximum absolute atomic E-state index is 5.71. The van der Waals surface area contributed by atoms with Crippen molar-refractivity contribution in [2.45, 2.75) is 39.7 Å². The van der Waals surface area contributed by atoms with Crippen LogP contribution in [-0.4, -0.2) is 6.04 Å². The van der Waals surface area contributed by atoms with Gasteiger partial charge in [-0.2, -0.15) is 0 Å². The van der Waals surface area contributed by atoms with Gasteiger partial charge in [0.1, 0.15) is 0 Å². The number of aryl methyl sites for hydroxylation is 3. The highest BCUT2D eigenvalue weighted by molar-refractivity contribution is 5.29. The van der Waals surface area contributed by atoms with Gasteiger partial charge < -0.3 is 5.73 Å². The molecule has 0 fully saturated rings. The van der Waals surface area contributed by atoms with Crippen LogP contribution in [0.25, 0.3) is 0 Å². The zero-order chi connectivity index (χ0) is 9.84. The molecule has 0 saturated carbocycles. The Bertz CT molecular complexity index is 276. The van der Waals surface area contributed by atoms with Gasteiger partial charge in [-0.3, -0.25) is 0 Å². The topological polar surface area (TPSA) is 26.0 Å². The Morgan fingerprint density at radius 3 is 2.46 bits per heavy atom. The molecule has 0 bridgehead atoms. The van der Waals surface area contributed by atoms with Crippen molar-refractivity contribution in [3.8, 4) is 0 Å². The first-order chi connectivity index (χ1) is 6.09. The zero-order valence-corrected chi connectivity index (χ0v) is 8.80. The molecule has 0 saturated heterocycles. The maximum Gasteiger partial charge on any atom is 0.00136 e. The number of hydrogen-bond donors (Lipinski definition) is 1. The van der Waals surface area contributed by atoms with Crippen LogP contribution in [0.2, 0.25) is 0 Å². The van der Waals surface area contributed by atoms with Crippen molar-refractivity contribution in [1.82, 2.24) is 0 Å². The molecule has 1 nitrogen and oxygen atoms in total. The van der Waals surface area contributed by atoms with Crippen molar-refractivity contribution in [2.75, 3.05) is 0 Å². The monoisotopic (exact) mass is 177 g/mol. The van der Waals surface area contributed by atoms with Gasteiger partial charge in [-0.15, -0.1) is 0 Å². The Kier molecular flexibility index (Phi) is 3.49. The first-order valence-electron chi connectivity index (χ1n) is 4.91. The summed E-state index contributed by atoms with van der Waals surface area (Å²) in [5, 5.41) is 0. The van der Waals surface area contributed by atoms with E-state index in [0.717, 1.165) is 12.8 Å². The summed E-state index contributed by atoms with van der Waals surface area (Å²) in [5.74, 6) is 0. The highest BCUT2D eigenvalue weighted by Crippen LogP contribution is 2.11. The normalized spacial score (nSPS) is 12.9. The fourth-order valence-electron chi connectivity index (χ4n) is 1.35. The van der Waals surface area contributed by atoms with Gasteiger partial charge in [-0.1, -0.05) is 18.2 Å². The van der Waals surface area contributed by atoms with Gasteiger partial charge in [-0.05, 0) is 50.3 Å². The molecule has 13 heavy (non-hydrogen) atoms. The Labute approximate surface area is 81.0 Å². The molecule has 0 spiro atoms. The molecule has 1 heteroatoms. The smallest absolute Gasteiger partial charge is 0.00136 e. The van der Waals surface area contributed by atoms with Crippen LogP contribution in [0.15, 0.2) is 18.2 Å². The first-order valence-corrected chi connectivity index (χ1v) is 4.91. The van der Waals surface area contributed by atoms with Crippen molar-refractivity contribution >= 4 is 0 Å². The molecule has 0 aliphatic heterocycles. The number of hydrogen-bond acceptors (Lipinski definition) is 1. The molecule has 0 radical (unpaired) electrons. The summed E-state index contributed by atoms with van der Waals surface area (Å²) in [7, 11) is 0. The predicted molar refractivity (Wildman–Crippen MR) is 57.9 cm³/mol. The average Bonchev–Trinajstić information content (AvgIpc) is 2.07. The summed E-state index contributed by atoms with van der Waals surface area (Å²) in [6, 6.07) is 6.95. The van der Waals surface area contributed by atoms with E-state index in [1.54, 1.807) is 0 Å². The standard InChI is InChI=1S/C12H19N/c1-9-4-6-12(8-10(9)2)7-5-11(3)13/h4,6,8,11H,5,7,13H2,1-3H3. The first kappa shape index (κ1) is 10.3. The molecule has 2 N–H and O–H groups in total. The summed E-state index contributed by atoms with van der Waals surface area (Å²) in [6.07, 6.45) is 2.17. The second-order valence-electron chi connectivity index (χ2n) is 3.93. The van der Waals surface area contributed by atoms with Gasteiger partial charge in [0.15, 0.2) is 0 Å². The SMILES string of the molecule is Cc1ccc(CCC(C)N)cc1C. The Morgan fingerprint density at radius 2 is 1.92 bits per heavy atom. The van der Waals surface area contributed by atoms with Crippen LogP contribution >= 0.6 is 0 Å². The molecular weight excluding hydrogens is 158 g/mol. The van der Waals surface area contributed by atoms with Gasteiger partial charge in [0.05, 0.1) is 0 Å². The van der Waals surface area contributed by atoms with E-state index < -0.39 is 0 Å². The van der Waals surface area contributed by atoms with Crippen molar-refractivity contribution in [2.24, 2.45) is 5.73 Å². The predicted octanol–water partition coefficient (Wildman–Crippen LogP) is 2.58. The Balaban J connectivity index is 2.63. The van der Waals surface area contributed by atoms with Crippen LogP contribution < -0.4 is 5.73 Å². The van der Waals surface area contributed by atoms with Crippen LogP contribution in [0.4, 0.5) is 0 Å². The third-order valence-electron chi connectivity index (χ3n) is 2.46. The van der Waals surface area contributed by atoms with Crippen molar-refractivity contribution in [3.63, 3.8) is 0 Å². The molecule has 1 aromatic rings. The minimum Gasteiger partial charge on any atom is -0.328 e. The molecule has 0 aliphatic carbocycles. The van der Waals surface area contributed by atoms with E-state index in [1.165, 1.54) is 16.7 Å². The fraction of sp³-hybridized carbons (Fsp3) is 0.500. The van der Waals surface area contributed by atoms with Crippen molar-refractivity contribution < 1.29 is 0 Å². The second-order valence-corrected chi connectivity index (χ2v) is 3.93. The molecule has 1 atom stereocenters. The molecule has 0 heterocycles. The summed E-state index contributed by atoms with van der Waals surface area (Å²) in [6.45, 7) is 6.36. The lowest BCUT2D eigenvalue weighted by atomic mass is 10.0. The van der Waals surface area contributed by atoms with E-state index in [4.69, 9.17) is 5.73 Å². The minimum atomic E-state index is 0.307. The lowest BCUT2D eigenvalue weighted by Crippen LogP contribution is -2.15. The van der Waals surface area contributed by atoms with Gasteiger partial charge in [0.2, 0.25) is 0 Å². The third kappa shape index (κ3) is 3.19. The lowest BCUT2D eigenvalue weighted by molar-refractivity contribution is 0.666. The van der Waals surface area contributed by atoms with E-state index in [0.29, 0.717) is 6.04 Å². The summed E-state index contributed by atoms with van der Waals surface area (Å²) in [4.78, 5) is 0. The quantitative estimate of drug-likeness (QED) is 0.754. The van der Waals surface area contributed by atoms with E-state index >= 15 is 0 Å². The number of nitrogens with two attached hydrogens (primary N) is 1. The molecule has 0 aromatic heterocycles. The van der Waals surface area contributed by atoms with Gasteiger partial charge in [-0.25, -0.2) is 0 Å². The summed E-state index contributed by atoms with van der Waals surface area (Å²) < 4.78 is 0. The van der Waals surface area contributed by atoms with Crippen LogP contribution in [0.1, 0.15) is 30.0 Å². The Morgan fingerprint density at radius 1 is 1.23 bits per heavy atom. The number of rotatable bonds is 3. The van der Waals surface area contributed by atoms with Crippen LogP contribution in [0, 0.1) is 13.8 Å². The molecular formula is C12H19N. The summed E-state index contributed by atoms with van der Waals surface area (Å²) in [5.41, 5.74) is 9.85. The minimum absolute atomic E-state index is 0.307. The van der Waals surface area contributed by atoms with Crippen LogP contribution in [-0.2, 0) is 6.42 Å². The van der Waals surface area contributed by atoms with E-state index in [-0.39, 0.29) is 0 Å². The average molecular weight is 177 g/mol. The molecule has 1 aromatic carbocycles. The fourth-order valence-corrected chi connectivity index (χ4v) is 1.35. The molecule has 0 aliphatic rings. The molecule has 1 rings (SSSR count). The van der Waals surface area contributed by atoms with E-state index in [9.17, 15) is 0 Å². The second kappa shape index (κ2) is 4.43. The van der Waals surface area contributed by atoms with E-state index in [1.807, 2.05) is 0 Å². The Hall–Kier alpha value is -0.820. The van der Waals surface area contributed by atoms with Crippen molar-refractivity contribution in [1.29, 1.82) is 0 Å². The number of benzene rings is 1. The molecule has 0 amide bonds. The summed E-state index contributed by atoms with van der Waals surface area (Å²) >= 11 is 0. The van der Waals surface area contributed by atoms with Crippen molar-refractivity contribution in [3.05, 3.63) is 34.9 Å². The van der Waals surface area contributed by atoms with Crippen LogP contribution in [0.3, 0.4) is 0 Å². The largest absolute Gasteiger partial charge is 0.328 e. The van der Waals surface area contributed by atoms with Crippen LogP contribution in [0.5, 0.6) is 0 Å². The van der Waals surface area contributed by atoms with Gasteiger partial charge >= 0.3 is 0 Å². The van der Waals surface area contributed by atoms with Gasteiger partial charge in [0.25, 0.3) is 0 Å². The van der Waals surface area contributed by atoms with Gasteiger partial charge in [0, 0.05) is 6.04 Å². The van der Waals surface area contributed by atoms with E-state index in [2.05, 4.69) is 39.0 Å². The highest BCUT2D eigenvalue weighted by atomic mass is 14.6. The molecule has 1 unspecified atom stereocenters. The third-order valence-corrected chi connectivity index (χ3v) is 2.46.